The van der Waals surface area contributed by atoms with Gasteiger partial charge in [-0.15, -0.1) is 0 Å². The number of rotatable bonds is 9. The molecule has 0 bridgehead atoms. The van der Waals surface area contributed by atoms with Crippen molar-refractivity contribution in [1.29, 1.82) is 0 Å². The Morgan fingerprint density at radius 2 is 1.91 bits per heavy atom. The van der Waals surface area contributed by atoms with Crippen molar-refractivity contribution in [3.05, 3.63) is 35.9 Å². The van der Waals surface area contributed by atoms with E-state index in [9.17, 15) is 9.59 Å². The minimum absolute atomic E-state index is 0.133. The summed E-state index contributed by atoms with van der Waals surface area (Å²) in [5.41, 5.74) is 6.48. The molecule has 1 aromatic rings. The van der Waals surface area contributed by atoms with E-state index in [0.29, 0.717) is 19.5 Å². The van der Waals surface area contributed by atoms with Crippen LogP contribution in [0.15, 0.2) is 30.3 Å². The third-order valence-corrected chi connectivity index (χ3v) is 3.46. The summed E-state index contributed by atoms with van der Waals surface area (Å²) in [6.45, 7) is 5.03. The molecule has 0 heterocycles. The average Bonchev–Trinajstić information content (AvgIpc) is 2.52. The van der Waals surface area contributed by atoms with Crippen molar-refractivity contribution in [2.75, 3.05) is 13.1 Å². The number of benzene rings is 1. The predicted molar refractivity (Wildman–Crippen MR) is 88.2 cm³/mol. The molecular weight excluding hydrogens is 278 g/mol. The van der Waals surface area contributed by atoms with Crippen LogP contribution < -0.4 is 16.4 Å². The second-order valence-electron chi connectivity index (χ2n) is 5.66. The van der Waals surface area contributed by atoms with Gasteiger partial charge in [-0.2, -0.15) is 0 Å². The lowest BCUT2D eigenvalue weighted by Gasteiger charge is -2.19. The van der Waals surface area contributed by atoms with E-state index >= 15 is 0 Å². The molecule has 22 heavy (non-hydrogen) atoms. The molecule has 2 amide bonds. The van der Waals surface area contributed by atoms with Crippen LogP contribution in [0.4, 0.5) is 0 Å². The molecule has 1 rings (SSSR count). The summed E-state index contributed by atoms with van der Waals surface area (Å²) in [5, 5.41) is 5.68. The average molecular weight is 305 g/mol. The standard InChI is InChI=1S/C17H27N3O2/c1-3-7-15(17(22)19-12-13(2)11-18)20-16(21)10-14-8-5-4-6-9-14/h4-6,8-9,13,15H,3,7,10-12,18H2,1-2H3,(H,19,22)(H,20,21). The van der Waals surface area contributed by atoms with Crippen molar-refractivity contribution in [2.24, 2.45) is 11.7 Å². The Bertz CT molecular complexity index is 462. The second kappa shape index (κ2) is 9.95. The lowest BCUT2D eigenvalue weighted by atomic mass is 10.1. The quantitative estimate of drug-likeness (QED) is 0.641. The summed E-state index contributed by atoms with van der Waals surface area (Å²) in [6.07, 6.45) is 1.74. The molecule has 0 aliphatic carbocycles. The van der Waals surface area contributed by atoms with Crippen molar-refractivity contribution < 1.29 is 9.59 Å². The van der Waals surface area contributed by atoms with E-state index in [0.717, 1.165) is 12.0 Å². The summed E-state index contributed by atoms with van der Waals surface area (Å²) in [4.78, 5) is 24.3. The molecule has 0 fully saturated rings. The minimum Gasteiger partial charge on any atom is -0.354 e. The van der Waals surface area contributed by atoms with Crippen LogP contribution in [-0.4, -0.2) is 30.9 Å². The van der Waals surface area contributed by atoms with Gasteiger partial charge in [-0.05, 0) is 24.4 Å². The molecule has 0 aliphatic heterocycles. The van der Waals surface area contributed by atoms with Gasteiger partial charge in [-0.3, -0.25) is 9.59 Å². The number of nitrogens with two attached hydrogens (primary N) is 1. The Labute approximate surface area is 132 Å². The first-order chi connectivity index (χ1) is 10.6. The van der Waals surface area contributed by atoms with Crippen LogP contribution in [0.5, 0.6) is 0 Å². The number of carbonyl (C=O) groups excluding carboxylic acids is 2. The molecule has 0 aliphatic rings. The SMILES string of the molecule is CCCC(NC(=O)Cc1ccccc1)C(=O)NCC(C)CN. The molecule has 122 valence electrons. The first-order valence-electron chi connectivity index (χ1n) is 7.87. The van der Waals surface area contributed by atoms with Gasteiger partial charge in [0.1, 0.15) is 6.04 Å². The van der Waals surface area contributed by atoms with Gasteiger partial charge in [0.05, 0.1) is 6.42 Å². The lowest BCUT2D eigenvalue weighted by Crippen LogP contribution is -2.48. The van der Waals surface area contributed by atoms with E-state index in [2.05, 4.69) is 10.6 Å². The van der Waals surface area contributed by atoms with Gasteiger partial charge < -0.3 is 16.4 Å². The van der Waals surface area contributed by atoms with Crippen molar-refractivity contribution in [3.63, 3.8) is 0 Å². The van der Waals surface area contributed by atoms with Crippen LogP contribution in [0.25, 0.3) is 0 Å². The topological polar surface area (TPSA) is 84.2 Å². The van der Waals surface area contributed by atoms with Gasteiger partial charge >= 0.3 is 0 Å². The van der Waals surface area contributed by atoms with Crippen LogP contribution in [0.1, 0.15) is 32.3 Å². The molecular formula is C17H27N3O2. The Hall–Kier alpha value is -1.88. The number of amides is 2. The predicted octanol–water partition coefficient (Wildman–Crippen LogP) is 1.23. The van der Waals surface area contributed by atoms with E-state index < -0.39 is 6.04 Å². The molecule has 0 saturated carbocycles. The number of nitrogens with one attached hydrogen (secondary N) is 2. The maximum Gasteiger partial charge on any atom is 0.242 e. The molecule has 5 nitrogen and oxygen atoms in total. The summed E-state index contributed by atoms with van der Waals surface area (Å²) in [5.74, 6) is -0.0403. The first kappa shape index (κ1) is 18.2. The molecule has 0 saturated heterocycles. The van der Waals surface area contributed by atoms with Crippen LogP contribution in [0, 0.1) is 5.92 Å². The molecule has 4 N–H and O–H groups in total. The molecule has 0 radical (unpaired) electrons. The van der Waals surface area contributed by atoms with Crippen molar-refractivity contribution in [2.45, 2.75) is 39.2 Å². The number of carbonyl (C=O) groups is 2. The Morgan fingerprint density at radius 3 is 2.50 bits per heavy atom. The van der Waals surface area contributed by atoms with Crippen LogP contribution in [0.3, 0.4) is 0 Å². The fraction of sp³-hybridized carbons (Fsp3) is 0.529. The molecule has 0 aromatic heterocycles. The number of hydrogen-bond acceptors (Lipinski definition) is 3. The number of hydrogen-bond donors (Lipinski definition) is 3. The van der Waals surface area contributed by atoms with Gasteiger partial charge in [0.2, 0.25) is 11.8 Å². The monoisotopic (exact) mass is 305 g/mol. The van der Waals surface area contributed by atoms with Gasteiger partial charge in [-0.1, -0.05) is 50.6 Å². The van der Waals surface area contributed by atoms with Crippen molar-refractivity contribution in [3.8, 4) is 0 Å². The fourth-order valence-electron chi connectivity index (χ4n) is 2.07. The fourth-order valence-corrected chi connectivity index (χ4v) is 2.07. The molecule has 2 unspecified atom stereocenters. The summed E-state index contributed by atoms with van der Waals surface area (Å²) < 4.78 is 0. The van der Waals surface area contributed by atoms with Gasteiger partial charge in [0.15, 0.2) is 0 Å². The molecule has 5 heteroatoms. The van der Waals surface area contributed by atoms with E-state index in [1.54, 1.807) is 0 Å². The van der Waals surface area contributed by atoms with Crippen molar-refractivity contribution in [1.82, 2.24) is 10.6 Å². The smallest absolute Gasteiger partial charge is 0.242 e. The Morgan fingerprint density at radius 1 is 1.23 bits per heavy atom. The molecule has 1 aromatic carbocycles. The highest BCUT2D eigenvalue weighted by Gasteiger charge is 2.20. The van der Waals surface area contributed by atoms with Gasteiger partial charge in [0, 0.05) is 6.54 Å². The maximum atomic E-state index is 12.2. The highest BCUT2D eigenvalue weighted by molar-refractivity contribution is 5.88. The van der Waals surface area contributed by atoms with Gasteiger partial charge in [-0.25, -0.2) is 0 Å². The first-order valence-corrected chi connectivity index (χ1v) is 7.87. The highest BCUT2D eigenvalue weighted by atomic mass is 16.2. The van der Waals surface area contributed by atoms with Crippen LogP contribution in [0.2, 0.25) is 0 Å². The summed E-state index contributed by atoms with van der Waals surface area (Å²) in [7, 11) is 0. The van der Waals surface area contributed by atoms with Crippen LogP contribution in [-0.2, 0) is 16.0 Å². The summed E-state index contributed by atoms with van der Waals surface area (Å²) >= 11 is 0. The zero-order valence-corrected chi connectivity index (χ0v) is 13.5. The minimum atomic E-state index is -0.480. The van der Waals surface area contributed by atoms with Crippen LogP contribution >= 0.6 is 0 Å². The third-order valence-electron chi connectivity index (χ3n) is 3.46. The highest BCUT2D eigenvalue weighted by Crippen LogP contribution is 2.02. The zero-order valence-electron chi connectivity index (χ0n) is 13.5. The van der Waals surface area contributed by atoms with E-state index in [1.807, 2.05) is 44.2 Å². The van der Waals surface area contributed by atoms with Gasteiger partial charge in [0.25, 0.3) is 0 Å². The Balaban J connectivity index is 2.51. The molecule has 2 atom stereocenters. The summed E-state index contributed by atoms with van der Waals surface area (Å²) in [6, 6.07) is 9.02. The van der Waals surface area contributed by atoms with Crippen molar-refractivity contribution >= 4 is 11.8 Å². The van der Waals surface area contributed by atoms with E-state index in [1.165, 1.54) is 0 Å². The second-order valence-corrected chi connectivity index (χ2v) is 5.66. The third kappa shape index (κ3) is 6.72. The maximum absolute atomic E-state index is 12.2. The van der Waals surface area contributed by atoms with E-state index in [4.69, 9.17) is 5.73 Å². The van der Waals surface area contributed by atoms with E-state index in [-0.39, 0.29) is 24.2 Å². The normalized spacial score (nSPS) is 13.2. The zero-order chi connectivity index (χ0) is 16.4. The largest absolute Gasteiger partial charge is 0.354 e. The molecule has 0 spiro atoms. The Kier molecular flexibility index (Phi) is 8.22. The lowest BCUT2D eigenvalue weighted by molar-refractivity contribution is -0.129.